The molecule has 0 amide bonds. The van der Waals surface area contributed by atoms with Crippen LogP contribution in [0.3, 0.4) is 0 Å². The highest BCUT2D eigenvalue weighted by atomic mass is 19.1. The van der Waals surface area contributed by atoms with Crippen molar-refractivity contribution < 1.29 is 18.3 Å². The second kappa shape index (κ2) is 8.05. The summed E-state index contributed by atoms with van der Waals surface area (Å²) in [6.45, 7) is 2.96. The van der Waals surface area contributed by atoms with Gasteiger partial charge in [-0.05, 0) is 38.1 Å². The van der Waals surface area contributed by atoms with Crippen LogP contribution in [0.2, 0.25) is 0 Å². The van der Waals surface area contributed by atoms with Crippen molar-refractivity contribution >= 4 is 10.9 Å². The Kier molecular flexibility index (Phi) is 5.36. The fraction of sp³-hybridized carbons (Fsp3) is 0.167. The number of nitriles is 2. The molecule has 2 aromatic carbocycles. The molecule has 4 aromatic rings. The standard InChI is InChI=1S/C24H16F3N5O/c1-24(2,33)12-32-20-9-19(26)16(8-17(20)23(27)31-32)21-15(11-29)5-6-30-22(21)13-3-4-14(10-28)18(25)7-13/h3-9,33H,12H2,1-2H3. The van der Waals surface area contributed by atoms with Gasteiger partial charge in [0.1, 0.15) is 17.7 Å². The summed E-state index contributed by atoms with van der Waals surface area (Å²) < 4.78 is 45.4. The zero-order valence-electron chi connectivity index (χ0n) is 17.6. The van der Waals surface area contributed by atoms with E-state index in [9.17, 15) is 19.1 Å². The highest BCUT2D eigenvalue weighted by Crippen LogP contribution is 2.37. The van der Waals surface area contributed by atoms with Gasteiger partial charge in [0.05, 0.1) is 45.9 Å². The molecule has 9 heteroatoms. The molecule has 0 fully saturated rings. The summed E-state index contributed by atoms with van der Waals surface area (Å²) in [4.78, 5) is 4.21. The van der Waals surface area contributed by atoms with E-state index >= 15 is 4.39 Å². The van der Waals surface area contributed by atoms with Gasteiger partial charge in [0, 0.05) is 29.0 Å². The van der Waals surface area contributed by atoms with Crippen LogP contribution in [0, 0.1) is 40.2 Å². The average Bonchev–Trinajstić information content (AvgIpc) is 3.05. The van der Waals surface area contributed by atoms with Gasteiger partial charge in [-0.1, -0.05) is 6.07 Å². The Labute approximate surface area is 186 Å². The van der Waals surface area contributed by atoms with Crippen molar-refractivity contribution in [2.45, 2.75) is 26.0 Å². The number of pyridine rings is 1. The summed E-state index contributed by atoms with van der Waals surface area (Å²) >= 11 is 0. The van der Waals surface area contributed by atoms with Crippen molar-refractivity contribution in [3.8, 4) is 34.5 Å². The quantitative estimate of drug-likeness (QED) is 0.489. The largest absolute Gasteiger partial charge is 0.389 e. The minimum Gasteiger partial charge on any atom is -0.389 e. The molecule has 0 aliphatic heterocycles. The van der Waals surface area contributed by atoms with E-state index < -0.39 is 23.2 Å². The lowest BCUT2D eigenvalue weighted by atomic mass is 9.93. The normalized spacial score (nSPS) is 11.4. The van der Waals surface area contributed by atoms with E-state index in [2.05, 4.69) is 10.1 Å². The number of aromatic nitrogens is 3. The number of halogens is 3. The monoisotopic (exact) mass is 447 g/mol. The molecule has 0 atom stereocenters. The van der Waals surface area contributed by atoms with Gasteiger partial charge in [0.25, 0.3) is 0 Å². The summed E-state index contributed by atoms with van der Waals surface area (Å²) in [6.07, 6.45) is 1.33. The Hall–Kier alpha value is -4.21. The van der Waals surface area contributed by atoms with Gasteiger partial charge >= 0.3 is 0 Å². The van der Waals surface area contributed by atoms with Gasteiger partial charge in [-0.25, -0.2) is 8.78 Å². The molecule has 2 aromatic heterocycles. The molecule has 1 N–H and O–H groups in total. The number of rotatable bonds is 4. The Morgan fingerprint density at radius 3 is 2.36 bits per heavy atom. The third-order valence-electron chi connectivity index (χ3n) is 5.03. The van der Waals surface area contributed by atoms with Gasteiger partial charge in [0.2, 0.25) is 5.95 Å². The maximum absolute atomic E-state index is 15.4. The lowest BCUT2D eigenvalue weighted by molar-refractivity contribution is 0.0586. The van der Waals surface area contributed by atoms with Crippen molar-refractivity contribution in [3.63, 3.8) is 0 Å². The molecule has 6 nitrogen and oxygen atoms in total. The number of hydrogen-bond acceptors (Lipinski definition) is 5. The van der Waals surface area contributed by atoms with Crippen LogP contribution in [0.25, 0.3) is 33.3 Å². The molecule has 33 heavy (non-hydrogen) atoms. The number of aliphatic hydroxyl groups is 1. The van der Waals surface area contributed by atoms with Crippen LogP contribution >= 0.6 is 0 Å². The Balaban J connectivity index is 1.98. The number of fused-ring (bicyclic) bond motifs is 1. The molecule has 0 spiro atoms. The maximum atomic E-state index is 15.4. The predicted octanol–water partition coefficient (Wildman–Crippen LogP) is 4.70. The molecule has 0 unspecified atom stereocenters. The van der Waals surface area contributed by atoms with Crippen LogP contribution in [-0.4, -0.2) is 25.5 Å². The average molecular weight is 447 g/mol. The fourth-order valence-electron chi connectivity index (χ4n) is 3.63. The Morgan fingerprint density at radius 1 is 1.00 bits per heavy atom. The minimum atomic E-state index is -1.22. The second-order valence-corrected chi connectivity index (χ2v) is 8.11. The van der Waals surface area contributed by atoms with Crippen molar-refractivity contribution in [2.75, 3.05) is 0 Å². The summed E-state index contributed by atoms with van der Waals surface area (Å²) in [7, 11) is 0. The molecule has 4 rings (SSSR count). The van der Waals surface area contributed by atoms with E-state index in [1.54, 1.807) is 6.07 Å². The van der Waals surface area contributed by atoms with Crippen LogP contribution in [0.15, 0.2) is 42.6 Å². The van der Waals surface area contributed by atoms with E-state index in [-0.39, 0.29) is 51.0 Å². The first-order valence-corrected chi connectivity index (χ1v) is 9.80. The van der Waals surface area contributed by atoms with Gasteiger partial charge in [0.15, 0.2) is 0 Å². The van der Waals surface area contributed by atoms with Crippen LogP contribution in [-0.2, 0) is 6.54 Å². The SMILES string of the molecule is CC(C)(O)Cn1nc(F)c2cc(-c3c(C#N)ccnc3-c3ccc(C#N)c(F)c3)c(F)cc21. The summed E-state index contributed by atoms with van der Waals surface area (Å²) in [5.74, 6) is -2.44. The smallest absolute Gasteiger partial charge is 0.240 e. The van der Waals surface area contributed by atoms with Crippen molar-refractivity contribution in [1.29, 1.82) is 10.5 Å². The summed E-state index contributed by atoms with van der Waals surface area (Å²) in [5, 5.41) is 32.4. The molecule has 0 saturated heterocycles. The lowest BCUT2D eigenvalue weighted by Crippen LogP contribution is -2.26. The van der Waals surface area contributed by atoms with E-state index in [0.29, 0.717) is 0 Å². The summed E-state index contributed by atoms with van der Waals surface area (Å²) in [6, 6.07) is 11.1. The number of benzene rings is 2. The maximum Gasteiger partial charge on any atom is 0.240 e. The van der Waals surface area contributed by atoms with Gasteiger partial charge in [-0.2, -0.15) is 14.9 Å². The Bertz CT molecular complexity index is 1490. The zero-order valence-corrected chi connectivity index (χ0v) is 17.6. The van der Waals surface area contributed by atoms with E-state index in [4.69, 9.17) is 5.26 Å². The van der Waals surface area contributed by atoms with Gasteiger partial charge < -0.3 is 5.11 Å². The molecule has 2 heterocycles. The topological polar surface area (TPSA) is 98.5 Å². The molecule has 0 radical (unpaired) electrons. The number of hydrogen-bond donors (Lipinski definition) is 1. The number of nitrogens with zero attached hydrogens (tertiary/aromatic N) is 5. The first-order chi connectivity index (χ1) is 15.6. The van der Waals surface area contributed by atoms with Gasteiger partial charge in [-0.15, -0.1) is 5.10 Å². The van der Waals surface area contributed by atoms with Crippen LogP contribution in [0.1, 0.15) is 25.0 Å². The third kappa shape index (κ3) is 4.02. The minimum absolute atomic E-state index is 0.0136. The van der Waals surface area contributed by atoms with Crippen molar-refractivity contribution in [3.05, 3.63) is 71.3 Å². The molecule has 0 aliphatic rings. The van der Waals surface area contributed by atoms with Crippen molar-refractivity contribution in [1.82, 2.24) is 14.8 Å². The lowest BCUT2D eigenvalue weighted by Gasteiger charge is -2.17. The van der Waals surface area contributed by atoms with Crippen LogP contribution in [0.4, 0.5) is 13.2 Å². The molecule has 0 bridgehead atoms. The van der Waals surface area contributed by atoms with E-state index in [1.165, 1.54) is 49.0 Å². The van der Waals surface area contributed by atoms with Crippen LogP contribution in [0.5, 0.6) is 0 Å². The second-order valence-electron chi connectivity index (χ2n) is 8.11. The Morgan fingerprint density at radius 2 is 1.73 bits per heavy atom. The molecule has 164 valence electrons. The van der Waals surface area contributed by atoms with Gasteiger partial charge in [-0.3, -0.25) is 9.67 Å². The molecular weight excluding hydrogens is 431 g/mol. The van der Waals surface area contributed by atoms with Crippen molar-refractivity contribution in [2.24, 2.45) is 0 Å². The first-order valence-electron chi connectivity index (χ1n) is 9.80. The van der Waals surface area contributed by atoms with E-state index in [1.807, 2.05) is 6.07 Å². The predicted molar refractivity (Wildman–Crippen MR) is 114 cm³/mol. The highest BCUT2D eigenvalue weighted by molar-refractivity contribution is 5.91. The molecular formula is C24H16F3N5O. The third-order valence-corrected chi connectivity index (χ3v) is 5.03. The van der Waals surface area contributed by atoms with E-state index in [0.717, 1.165) is 12.1 Å². The molecule has 0 aliphatic carbocycles. The zero-order chi connectivity index (χ0) is 23.9. The molecule has 0 saturated carbocycles. The van der Waals surface area contributed by atoms with Crippen LogP contribution < -0.4 is 0 Å². The first kappa shape index (κ1) is 22.0. The highest BCUT2D eigenvalue weighted by Gasteiger charge is 2.23. The fourth-order valence-corrected chi connectivity index (χ4v) is 3.63. The summed E-state index contributed by atoms with van der Waals surface area (Å²) in [5.41, 5.74) is -0.963.